The Kier molecular flexibility index (Phi) is 9.24. The molecule has 1 aliphatic carbocycles. The van der Waals surface area contributed by atoms with Crippen molar-refractivity contribution < 1.29 is 28.3 Å². The van der Waals surface area contributed by atoms with Crippen LogP contribution in [-0.2, 0) is 9.59 Å². The zero-order valence-electron chi connectivity index (χ0n) is 24.1. The molecule has 7 nitrogen and oxygen atoms in total. The first-order chi connectivity index (χ1) is 19.4. The van der Waals surface area contributed by atoms with E-state index in [1.807, 2.05) is 17.0 Å². The average Bonchev–Trinajstić information content (AvgIpc) is 3.13. The number of amides is 2. The highest BCUT2D eigenvalue weighted by atomic mass is 19.1. The van der Waals surface area contributed by atoms with Crippen LogP contribution in [0.4, 0.5) is 8.78 Å². The smallest absolute Gasteiger partial charge is 0.305 e. The molecule has 41 heavy (non-hydrogen) atoms. The number of halogens is 2. The van der Waals surface area contributed by atoms with Gasteiger partial charge < -0.3 is 15.3 Å². The summed E-state index contributed by atoms with van der Waals surface area (Å²) in [6.07, 6.45) is 3.61. The van der Waals surface area contributed by atoms with Crippen LogP contribution >= 0.6 is 0 Å². The Labute approximate surface area is 240 Å². The molecule has 9 heteroatoms. The number of carbonyl (C=O) groups is 3. The van der Waals surface area contributed by atoms with Crippen molar-refractivity contribution in [2.45, 2.75) is 77.9 Å². The molecule has 2 N–H and O–H groups in total. The van der Waals surface area contributed by atoms with E-state index < -0.39 is 23.3 Å². The van der Waals surface area contributed by atoms with Crippen LogP contribution in [0.3, 0.4) is 0 Å². The van der Waals surface area contributed by atoms with Gasteiger partial charge in [-0.15, -0.1) is 0 Å². The van der Waals surface area contributed by atoms with Gasteiger partial charge in [0.25, 0.3) is 11.8 Å². The molecule has 2 unspecified atom stereocenters. The Morgan fingerprint density at radius 1 is 1.05 bits per heavy atom. The van der Waals surface area contributed by atoms with E-state index in [9.17, 15) is 23.2 Å². The summed E-state index contributed by atoms with van der Waals surface area (Å²) >= 11 is 0. The molecule has 2 aromatic carbocycles. The summed E-state index contributed by atoms with van der Waals surface area (Å²) in [4.78, 5) is 44.5. The van der Waals surface area contributed by atoms with Crippen LogP contribution < -0.4 is 5.32 Å². The van der Waals surface area contributed by atoms with Crippen LogP contribution in [0.25, 0.3) is 0 Å². The molecule has 0 radical (unpaired) electrons. The first-order valence-corrected chi connectivity index (χ1v) is 14.4. The molecule has 1 saturated carbocycles. The topological polar surface area (TPSA) is 99.1 Å². The number of aliphatic imine (C=N–C) groups is 1. The summed E-state index contributed by atoms with van der Waals surface area (Å²) in [6, 6.07) is 9.74. The molecule has 2 amide bonds. The Balaban J connectivity index is 1.74. The van der Waals surface area contributed by atoms with Gasteiger partial charge in [-0.3, -0.25) is 19.4 Å². The predicted molar refractivity (Wildman–Crippen MR) is 152 cm³/mol. The molecular weight excluding hydrogens is 528 g/mol. The number of nitrogens with one attached hydrogen (secondary N) is 1. The number of aliphatic carboxylic acids is 1. The Bertz CT molecular complexity index is 1290. The lowest BCUT2D eigenvalue weighted by molar-refractivity contribution is -0.137. The van der Waals surface area contributed by atoms with Crippen molar-refractivity contribution in [3.8, 4) is 0 Å². The molecule has 4 rings (SSSR count). The number of nitrogens with zero attached hydrogens (tertiary/aromatic N) is 2. The number of rotatable bonds is 10. The monoisotopic (exact) mass is 567 g/mol. The van der Waals surface area contributed by atoms with Crippen molar-refractivity contribution in [3.05, 3.63) is 70.8 Å². The van der Waals surface area contributed by atoms with E-state index in [0.717, 1.165) is 36.6 Å². The van der Waals surface area contributed by atoms with Crippen LogP contribution in [0.1, 0.15) is 93.7 Å². The van der Waals surface area contributed by atoms with Gasteiger partial charge in [0.1, 0.15) is 23.0 Å². The van der Waals surface area contributed by atoms with Gasteiger partial charge in [-0.25, -0.2) is 8.78 Å². The third-order valence-electron chi connectivity index (χ3n) is 7.99. The van der Waals surface area contributed by atoms with Gasteiger partial charge >= 0.3 is 5.97 Å². The van der Waals surface area contributed by atoms with Gasteiger partial charge in [-0.1, -0.05) is 39.8 Å². The van der Waals surface area contributed by atoms with Crippen LogP contribution in [0.15, 0.2) is 47.5 Å². The van der Waals surface area contributed by atoms with Crippen molar-refractivity contribution in [3.63, 3.8) is 0 Å². The lowest BCUT2D eigenvalue weighted by Crippen LogP contribution is -2.52. The number of carbonyl (C=O) groups excluding carboxylic acids is 2. The van der Waals surface area contributed by atoms with E-state index >= 15 is 0 Å². The Morgan fingerprint density at radius 3 is 2.22 bits per heavy atom. The number of hydrogen-bond acceptors (Lipinski definition) is 4. The minimum Gasteiger partial charge on any atom is -0.481 e. The van der Waals surface area contributed by atoms with Crippen molar-refractivity contribution >= 4 is 23.5 Å². The maximum Gasteiger partial charge on any atom is 0.305 e. The summed E-state index contributed by atoms with van der Waals surface area (Å²) in [5, 5.41) is 11.4. The zero-order valence-corrected chi connectivity index (χ0v) is 24.1. The fraction of sp³-hybridized carbons (Fsp3) is 0.500. The molecule has 1 aliphatic heterocycles. The lowest BCUT2D eigenvalue weighted by Gasteiger charge is -2.47. The largest absolute Gasteiger partial charge is 0.481 e. The van der Waals surface area contributed by atoms with E-state index in [1.165, 1.54) is 0 Å². The molecule has 0 saturated heterocycles. The standard InChI is InChI=1S/C32H39F2N3O4/c1-19(2)5-10-27(22-6-8-23(9-7-22)30(40)35-12-11-28(38)39)37-31(41)29(24-14-25(33)16-26(34)15-24)36-32(37)17-20(3)13-21(4)18-32/h6-9,14-16,19-21,27H,5,10-13,17-18H2,1-4H3,(H,35,40)(H,38,39)/t20?,21?,27-,32?/m1/s1. The highest BCUT2D eigenvalue weighted by Crippen LogP contribution is 2.48. The van der Waals surface area contributed by atoms with E-state index in [4.69, 9.17) is 10.1 Å². The minimum atomic E-state index is -0.994. The SMILES string of the molecule is CC(C)CC[C@H](c1ccc(C(=O)NCCC(=O)O)cc1)N1C(=O)C(c2cc(F)cc(F)c2)=NC12CC(C)CC(C)C2. The summed E-state index contributed by atoms with van der Waals surface area (Å²) in [5.41, 5.74) is 0.593. The van der Waals surface area contributed by atoms with Gasteiger partial charge in [0.15, 0.2) is 0 Å². The van der Waals surface area contributed by atoms with Gasteiger partial charge in [-0.2, -0.15) is 0 Å². The highest BCUT2D eigenvalue weighted by molar-refractivity contribution is 6.46. The first kappa shape index (κ1) is 30.3. The first-order valence-electron chi connectivity index (χ1n) is 14.4. The number of hydrogen-bond donors (Lipinski definition) is 2. The number of carboxylic acid groups (broad SMARTS) is 1. The summed E-state index contributed by atoms with van der Waals surface area (Å²) in [5.74, 6) is -2.28. The molecule has 1 spiro atoms. The molecule has 2 aliphatic rings. The Morgan fingerprint density at radius 2 is 1.66 bits per heavy atom. The number of carboxylic acids is 1. The predicted octanol–water partition coefficient (Wildman–Crippen LogP) is 6.13. The fourth-order valence-corrected chi connectivity index (χ4v) is 6.44. The number of benzene rings is 2. The van der Waals surface area contributed by atoms with E-state index in [1.54, 1.807) is 12.1 Å². The van der Waals surface area contributed by atoms with Crippen molar-refractivity contribution in [2.75, 3.05) is 6.54 Å². The molecule has 0 aromatic heterocycles. The van der Waals surface area contributed by atoms with E-state index in [2.05, 4.69) is 33.0 Å². The minimum absolute atomic E-state index is 0.0227. The van der Waals surface area contributed by atoms with Crippen LogP contribution in [0.2, 0.25) is 0 Å². The van der Waals surface area contributed by atoms with E-state index in [0.29, 0.717) is 42.6 Å². The van der Waals surface area contributed by atoms with Crippen LogP contribution in [0, 0.1) is 29.4 Å². The van der Waals surface area contributed by atoms with Gasteiger partial charge in [0, 0.05) is 23.7 Å². The fourth-order valence-electron chi connectivity index (χ4n) is 6.44. The third kappa shape index (κ3) is 7.00. The second kappa shape index (κ2) is 12.5. The van der Waals surface area contributed by atoms with Crippen molar-refractivity contribution in [1.82, 2.24) is 10.2 Å². The molecule has 2 aromatic rings. The molecule has 220 valence electrons. The second-order valence-corrected chi connectivity index (χ2v) is 12.1. The summed E-state index contributed by atoms with van der Waals surface area (Å²) in [6.45, 7) is 8.55. The van der Waals surface area contributed by atoms with Crippen molar-refractivity contribution in [1.29, 1.82) is 0 Å². The van der Waals surface area contributed by atoms with Crippen LogP contribution in [0.5, 0.6) is 0 Å². The normalized spacial score (nSPS) is 23.1. The van der Waals surface area contributed by atoms with Crippen molar-refractivity contribution in [2.24, 2.45) is 22.7 Å². The average molecular weight is 568 g/mol. The van der Waals surface area contributed by atoms with E-state index in [-0.39, 0.29) is 42.1 Å². The summed E-state index contributed by atoms with van der Waals surface area (Å²) in [7, 11) is 0. The zero-order chi connectivity index (χ0) is 29.9. The third-order valence-corrected chi connectivity index (χ3v) is 7.99. The van der Waals surface area contributed by atoms with Gasteiger partial charge in [0.05, 0.1) is 12.5 Å². The highest BCUT2D eigenvalue weighted by Gasteiger charge is 2.53. The molecule has 1 heterocycles. The van der Waals surface area contributed by atoms with Crippen LogP contribution in [-0.4, -0.2) is 45.7 Å². The molecular formula is C32H39F2N3O4. The lowest BCUT2D eigenvalue weighted by atomic mass is 9.75. The maximum atomic E-state index is 14.3. The quantitative estimate of drug-likeness (QED) is 0.361. The molecule has 0 bridgehead atoms. The second-order valence-electron chi connectivity index (χ2n) is 12.1. The van der Waals surface area contributed by atoms with Gasteiger partial charge in [0.2, 0.25) is 0 Å². The molecule has 1 fully saturated rings. The van der Waals surface area contributed by atoms with Gasteiger partial charge in [-0.05, 0) is 79.7 Å². The summed E-state index contributed by atoms with van der Waals surface area (Å²) < 4.78 is 28.5. The molecule has 3 atom stereocenters. The maximum absolute atomic E-state index is 14.3. The Hall–Kier alpha value is -3.62.